The fourth-order valence-corrected chi connectivity index (χ4v) is 2.20. The third kappa shape index (κ3) is 7.15. The second-order valence-electron chi connectivity index (χ2n) is 5.52. The van der Waals surface area contributed by atoms with Gasteiger partial charge in [-0.1, -0.05) is 42.5 Å². The molecule has 3 N–H and O–H groups in total. The minimum atomic E-state index is -1.36. The number of aromatic carboxylic acids is 2. The number of aromatic hydroxyl groups is 2. The molecule has 0 amide bonds. The zero-order valence-electron chi connectivity index (χ0n) is 15.6. The van der Waals surface area contributed by atoms with Gasteiger partial charge < -0.3 is 30.0 Å². The second-order valence-corrected chi connectivity index (χ2v) is 5.52. The number of phenolic OH excluding ortho intramolecular Hbond substituents is 1. The molecule has 0 aliphatic heterocycles. The Bertz CT molecular complexity index is 973. The van der Waals surface area contributed by atoms with Gasteiger partial charge in [-0.05, 0) is 30.3 Å². The van der Waals surface area contributed by atoms with Crippen LogP contribution >= 0.6 is 0 Å². The molecule has 0 heterocycles. The average molecular weight is 404 g/mol. The number of benzene rings is 3. The fourth-order valence-electron chi connectivity index (χ4n) is 2.20. The summed E-state index contributed by atoms with van der Waals surface area (Å²) in [5.41, 5.74) is 0.535. The average Bonchev–Trinajstić information content (AvgIpc) is 2.68. The predicted octanol–water partition coefficient (Wildman–Crippen LogP) is -0.571. The van der Waals surface area contributed by atoms with Crippen molar-refractivity contribution in [3.63, 3.8) is 0 Å². The number of carbonyl (C=O) groups excluding carboxylic acids is 1. The topological polar surface area (TPSA) is 127 Å². The maximum absolute atomic E-state index is 11.0. The zero-order chi connectivity index (χ0) is 20.5. The predicted molar refractivity (Wildman–Crippen MR) is 98.3 cm³/mol. The largest absolute Gasteiger partial charge is 1.00 e. The van der Waals surface area contributed by atoms with Gasteiger partial charge >= 0.3 is 35.5 Å². The van der Waals surface area contributed by atoms with Gasteiger partial charge in [-0.3, -0.25) is 0 Å². The molecule has 0 aliphatic rings. The van der Waals surface area contributed by atoms with Gasteiger partial charge in [0.2, 0.25) is 0 Å². The van der Waals surface area contributed by atoms with Gasteiger partial charge in [-0.15, -0.1) is 0 Å². The first-order valence-electron chi connectivity index (χ1n) is 8.11. The molecule has 0 radical (unpaired) electrons. The van der Waals surface area contributed by atoms with E-state index in [-0.39, 0.29) is 64.5 Å². The number of rotatable bonds is 5. The summed E-state index contributed by atoms with van der Waals surface area (Å²) in [6.07, 6.45) is 0. The summed E-state index contributed by atoms with van der Waals surface area (Å²) in [4.78, 5) is 21.1. The summed E-state index contributed by atoms with van der Waals surface area (Å²) >= 11 is 0. The first kappa shape index (κ1) is 24.0. The van der Waals surface area contributed by atoms with E-state index < -0.39 is 11.9 Å². The molecule has 0 spiro atoms. The quantitative estimate of drug-likeness (QED) is 0.486. The van der Waals surface area contributed by atoms with E-state index in [1.807, 2.05) is 0 Å². The molecule has 0 saturated carbocycles. The van der Waals surface area contributed by atoms with Crippen molar-refractivity contribution in [1.82, 2.24) is 0 Å². The van der Waals surface area contributed by atoms with Crippen molar-refractivity contribution in [3.05, 3.63) is 89.5 Å². The van der Waals surface area contributed by atoms with E-state index in [1.54, 1.807) is 48.5 Å². The van der Waals surface area contributed by atoms with Crippen LogP contribution in [-0.2, 0) is 6.61 Å². The van der Waals surface area contributed by atoms with Crippen LogP contribution < -0.4 is 39.4 Å². The molecule has 7 nitrogen and oxygen atoms in total. The number of ether oxygens (including phenoxy) is 1. The Morgan fingerprint density at radius 1 is 0.793 bits per heavy atom. The Labute approximate surface area is 189 Å². The summed E-state index contributed by atoms with van der Waals surface area (Å²) in [7, 11) is 0. The van der Waals surface area contributed by atoms with Crippen molar-refractivity contribution in [1.29, 1.82) is 0 Å². The molecule has 3 aromatic rings. The molecule has 0 aromatic heterocycles. The van der Waals surface area contributed by atoms with Gasteiger partial charge in [0.05, 0.1) is 5.97 Å². The van der Waals surface area contributed by atoms with E-state index in [9.17, 15) is 19.8 Å². The standard InChI is InChI=1S/C14H12O4.C7H6O3.Na/c15-12-7-3-1-5-10(12)9-18-13-8-4-2-6-11(13)14(16)17;8-6-4-2-1-3-5(6)7(9)10;/h1-8,15H,9H2,(H,16,17);1-4,8H,(H,9,10);/q;;+1/p-1. The molecule has 144 valence electrons. The van der Waals surface area contributed by atoms with Crippen LogP contribution in [-0.4, -0.2) is 27.3 Å². The van der Waals surface area contributed by atoms with Crippen LogP contribution in [0.1, 0.15) is 26.3 Å². The van der Waals surface area contributed by atoms with Crippen LogP contribution in [0.25, 0.3) is 0 Å². The molecular formula is C21H17NaO7. The maximum atomic E-state index is 11.0. The van der Waals surface area contributed by atoms with Gasteiger partial charge in [0.25, 0.3) is 0 Å². The van der Waals surface area contributed by atoms with Crippen molar-refractivity contribution in [3.8, 4) is 17.2 Å². The minimum Gasteiger partial charge on any atom is -0.545 e. The normalized spacial score (nSPS) is 9.38. The number of carboxylic acid groups (broad SMARTS) is 2. The van der Waals surface area contributed by atoms with Crippen LogP contribution in [0.3, 0.4) is 0 Å². The van der Waals surface area contributed by atoms with E-state index in [1.165, 1.54) is 24.3 Å². The molecule has 0 atom stereocenters. The molecule has 0 aliphatic carbocycles. The number of para-hydroxylation sites is 3. The smallest absolute Gasteiger partial charge is 0.545 e. The molecule has 8 heteroatoms. The van der Waals surface area contributed by atoms with Crippen molar-refractivity contribution < 1.29 is 64.3 Å². The number of hydrogen-bond acceptors (Lipinski definition) is 6. The SMILES string of the molecule is O=C(O)c1ccccc1OCc1ccccc1O.O=C([O-])c1ccccc1O.[Na+]. The van der Waals surface area contributed by atoms with Gasteiger partial charge in [-0.2, -0.15) is 0 Å². The van der Waals surface area contributed by atoms with Crippen molar-refractivity contribution in [2.24, 2.45) is 0 Å². The summed E-state index contributed by atoms with van der Waals surface area (Å²) in [5, 5.41) is 37.6. The molecule has 3 aromatic carbocycles. The van der Waals surface area contributed by atoms with Crippen LogP contribution in [0.2, 0.25) is 0 Å². The molecular weight excluding hydrogens is 387 g/mol. The summed E-state index contributed by atoms with van der Waals surface area (Å²) in [6.45, 7) is 0.122. The van der Waals surface area contributed by atoms with Crippen LogP contribution in [0, 0.1) is 0 Å². The summed E-state index contributed by atoms with van der Waals surface area (Å²) < 4.78 is 5.42. The Balaban J connectivity index is 0.000000327. The number of phenols is 2. The number of carboxylic acids is 2. The van der Waals surface area contributed by atoms with Crippen molar-refractivity contribution >= 4 is 11.9 Å². The van der Waals surface area contributed by atoms with Crippen LogP contribution in [0.4, 0.5) is 0 Å². The zero-order valence-corrected chi connectivity index (χ0v) is 17.6. The Morgan fingerprint density at radius 3 is 1.83 bits per heavy atom. The fraction of sp³-hybridized carbons (Fsp3) is 0.0476. The third-order valence-corrected chi connectivity index (χ3v) is 3.62. The second kappa shape index (κ2) is 11.8. The van der Waals surface area contributed by atoms with Crippen molar-refractivity contribution in [2.45, 2.75) is 6.61 Å². The molecule has 0 fully saturated rings. The first-order chi connectivity index (χ1) is 13.4. The number of carbonyl (C=O) groups is 2. The van der Waals surface area contributed by atoms with E-state index in [0.717, 1.165) is 0 Å². The maximum Gasteiger partial charge on any atom is 1.00 e. The molecule has 3 rings (SSSR count). The Hall–Kier alpha value is -3.00. The van der Waals surface area contributed by atoms with Crippen LogP contribution in [0.5, 0.6) is 17.2 Å². The number of hydrogen-bond donors (Lipinski definition) is 3. The van der Waals surface area contributed by atoms with Gasteiger partial charge in [0, 0.05) is 11.1 Å². The van der Waals surface area contributed by atoms with E-state index in [2.05, 4.69) is 0 Å². The van der Waals surface area contributed by atoms with Crippen LogP contribution in [0.15, 0.2) is 72.8 Å². The van der Waals surface area contributed by atoms with E-state index in [4.69, 9.17) is 14.9 Å². The van der Waals surface area contributed by atoms with E-state index >= 15 is 0 Å². The van der Waals surface area contributed by atoms with Crippen molar-refractivity contribution in [2.75, 3.05) is 0 Å². The Morgan fingerprint density at radius 2 is 1.31 bits per heavy atom. The first-order valence-corrected chi connectivity index (χ1v) is 8.11. The van der Waals surface area contributed by atoms with Gasteiger partial charge in [0.15, 0.2) is 0 Å². The van der Waals surface area contributed by atoms with Gasteiger partial charge in [-0.25, -0.2) is 4.79 Å². The Kier molecular flexibility index (Phi) is 9.74. The summed E-state index contributed by atoms with van der Waals surface area (Å²) in [6, 6.07) is 18.8. The summed E-state index contributed by atoms with van der Waals surface area (Å²) in [5.74, 6) is -2.25. The molecule has 29 heavy (non-hydrogen) atoms. The minimum absolute atomic E-state index is 0. The molecule has 0 bridgehead atoms. The molecule has 0 saturated heterocycles. The van der Waals surface area contributed by atoms with Gasteiger partial charge in [0.1, 0.15) is 29.4 Å². The van der Waals surface area contributed by atoms with E-state index in [0.29, 0.717) is 5.56 Å². The third-order valence-electron chi connectivity index (χ3n) is 3.62. The monoisotopic (exact) mass is 404 g/mol. The molecule has 0 unspecified atom stereocenters.